The predicted octanol–water partition coefficient (Wildman–Crippen LogP) is 2.24. The second-order valence-corrected chi connectivity index (χ2v) is 6.12. The molecule has 1 atom stereocenters. The molecule has 0 bridgehead atoms. The number of nitrogens with two attached hydrogens (primary N) is 1. The summed E-state index contributed by atoms with van der Waals surface area (Å²) in [6, 6.07) is 9.34. The average Bonchev–Trinajstić information content (AvgIpc) is 2.76. The lowest BCUT2D eigenvalue weighted by atomic mass is 10.3. The van der Waals surface area contributed by atoms with Crippen molar-refractivity contribution in [3.8, 4) is 0 Å². The average molecular weight is 280 g/mol. The van der Waals surface area contributed by atoms with Crippen LogP contribution in [0.2, 0.25) is 0 Å². The Morgan fingerprint density at radius 2 is 2.11 bits per heavy atom. The smallest absolute Gasteiger partial charge is 0.237 e. The fourth-order valence-corrected chi connectivity index (χ4v) is 3.02. The zero-order valence-corrected chi connectivity index (χ0v) is 11.3. The number of amides is 1. The van der Waals surface area contributed by atoms with Crippen molar-refractivity contribution in [2.45, 2.75) is 16.5 Å². The highest BCUT2D eigenvalue weighted by molar-refractivity contribution is 8.02. The van der Waals surface area contributed by atoms with Gasteiger partial charge in [-0.15, -0.1) is 10.2 Å². The molecule has 0 radical (unpaired) electrons. The largest absolute Gasteiger partial charge is 0.374 e. The van der Waals surface area contributed by atoms with E-state index in [2.05, 4.69) is 15.5 Å². The molecule has 1 aromatic heterocycles. The second-order valence-electron chi connectivity index (χ2n) is 3.52. The van der Waals surface area contributed by atoms with Crippen LogP contribution in [0.15, 0.2) is 34.7 Å². The number of carbonyl (C=O) groups excluding carboxylic acids is 1. The van der Waals surface area contributed by atoms with Crippen molar-refractivity contribution in [3.63, 3.8) is 0 Å². The van der Waals surface area contributed by atoms with Crippen molar-refractivity contribution in [2.24, 2.45) is 0 Å². The van der Waals surface area contributed by atoms with Crippen LogP contribution in [-0.2, 0) is 4.79 Å². The van der Waals surface area contributed by atoms with Gasteiger partial charge in [0, 0.05) is 5.69 Å². The van der Waals surface area contributed by atoms with E-state index in [1.165, 1.54) is 23.1 Å². The van der Waals surface area contributed by atoms with Gasteiger partial charge in [0.1, 0.15) is 0 Å². The molecule has 0 saturated carbocycles. The maximum atomic E-state index is 11.9. The molecule has 1 heterocycles. The van der Waals surface area contributed by atoms with Crippen LogP contribution in [0.25, 0.3) is 0 Å². The molecule has 2 rings (SSSR count). The van der Waals surface area contributed by atoms with Crippen molar-refractivity contribution < 1.29 is 4.79 Å². The minimum Gasteiger partial charge on any atom is -0.374 e. The van der Waals surface area contributed by atoms with Gasteiger partial charge in [-0.05, 0) is 19.1 Å². The highest BCUT2D eigenvalue weighted by Crippen LogP contribution is 2.27. The molecular formula is C11H12N4OS2. The monoisotopic (exact) mass is 280 g/mol. The van der Waals surface area contributed by atoms with Crippen LogP contribution < -0.4 is 11.1 Å². The number of rotatable bonds is 4. The second kappa shape index (κ2) is 5.83. The Morgan fingerprint density at radius 3 is 2.72 bits per heavy atom. The van der Waals surface area contributed by atoms with Gasteiger partial charge in [0.2, 0.25) is 11.0 Å². The summed E-state index contributed by atoms with van der Waals surface area (Å²) < 4.78 is 0.697. The summed E-state index contributed by atoms with van der Waals surface area (Å²) in [5.74, 6) is -0.0695. The van der Waals surface area contributed by atoms with E-state index in [-0.39, 0.29) is 11.2 Å². The summed E-state index contributed by atoms with van der Waals surface area (Å²) in [4.78, 5) is 11.9. The molecule has 7 heteroatoms. The molecule has 3 N–H and O–H groups in total. The van der Waals surface area contributed by atoms with E-state index in [0.717, 1.165) is 5.69 Å². The Labute approximate surface area is 113 Å². The van der Waals surface area contributed by atoms with E-state index in [1.807, 2.05) is 37.3 Å². The fourth-order valence-electron chi connectivity index (χ4n) is 1.24. The van der Waals surface area contributed by atoms with Gasteiger partial charge in [0.15, 0.2) is 4.34 Å². The Hall–Kier alpha value is -1.60. The van der Waals surface area contributed by atoms with E-state index in [1.54, 1.807) is 0 Å². The van der Waals surface area contributed by atoms with Gasteiger partial charge in [-0.25, -0.2) is 0 Å². The van der Waals surface area contributed by atoms with E-state index in [4.69, 9.17) is 5.73 Å². The number of thioether (sulfide) groups is 1. The summed E-state index contributed by atoms with van der Waals surface area (Å²) in [5.41, 5.74) is 6.27. The third kappa shape index (κ3) is 3.44. The number of aromatic nitrogens is 2. The van der Waals surface area contributed by atoms with Gasteiger partial charge in [0.05, 0.1) is 5.25 Å². The maximum Gasteiger partial charge on any atom is 0.237 e. The Morgan fingerprint density at radius 1 is 1.39 bits per heavy atom. The first-order valence-corrected chi connectivity index (χ1v) is 6.96. The van der Waals surface area contributed by atoms with Crippen LogP contribution in [0.1, 0.15) is 6.92 Å². The zero-order chi connectivity index (χ0) is 13.0. The molecule has 0 aliphatic rings. The van der Waals surface area contributed by atoms with E-state index in [0.29, 0.717) is 9.47 Å². The maximum absolute atomic E-state index is 11.9. The lowest BCUT2D eigenvalue weighted by molar-refractivity contribution is -0.115. The van der Waals surface area contributed by atoms with E-state index in [9.17, 15) is 4.79 Å². The van der Waals surface area contributed by atoms with Crippen molar-refractivity contribution in [3.05, 3.63) is 30.3 Å². The van der Waals surface area contributed by atoms with E-state index >= 15 is 0 Å². The summed E-state index contributed by atoms with van der Waals surface area (Å²) in [6.07, 6.45) is 0. The minimum atomic E-state index is -0.252. The lowest BCUT2D eigenvalue weighted by Gasteiger charge is -2.09. The molecule has 18 heavy (non-hydrogen) atoms. The van der Waals surface area contributed by atoms with Crippen molar-refractivity contribution in [2.75, 3.05) is 11.1 Å². The molecule has 0 unspecified atom stereocenters. The molecule has 0 fully saturated rings. The van der Waals surface area contributed by atoms with Gasteiger partial charge < -0.3 is 11.1 Å². The van der Waals surface area contributed by atoms with Crippen LogP contribution in [-0.4, -0.2) is 21.4 Å². The molecule has 0 spiro atoms. The van der Waals surface area contributed by atoms with Gasteiger partial charge in [-0.2, -0.15) is 0 Å². The standard InChI is InChI=1S/C11H12N4OS2/c1-7(17-11-15-14-10(12)18-11)9(16)13-8-5-3-2-4-6-8/h2-7H,1H3,(H2,12,14)(H,13,16)/t7-/m1/s1. The Balaban J connectivity index is 1.93. The van der Waals surface area contributed by atoms with Gasteiger partial charge in [0.25, 0.3) is 0 Å². The van der Waals surface area contributed by atoms with Gasteiger partial charge in [-0.3, -0.25) is 4.79 Å². The molecule has 2 aromatic rings. The predicted molar refractivity (Wildman–Crippen MR) is 74.7 cm³/mol. The quantitative estimate of drug-likeness (QED) is 0.839. The van der Waals surface area contributed by atoms with Gasteiger partial charge in [-0.1, -0.05) is 41.3 Å². The van der Waals surface area contributed by atoms with Crippen LogP contribution in [0.3, 0.4) is 0 Å². The number of carbonyl (C=O) groups is 1. The number of hydrogen-bond donors (Lipinski definition) is 2. The number of para-hydroxylation sites is 1. The summed E-state index contributed by atoms with van der Waals surface area (Å²) in [5, 5.41) is 10.6. The number of anilines is 2. The molecule has 0 aliphatic heterocycles. The molecule has 0 saturated heterocycles. The molecule has 1 amide bonds. The van der Waals surface area contributed by atoms with Crippen LogP contribution in [0, 0.1) is 0 Å². The third-order valence-corrected chi connectivity index (χ3v) is 4.05. The molecule has 94 valence electrons. The lowest BCUT2D eigenvalue weighted by Crippen LogP contribution is -2.22. The van der Waals surface area contributed by atoms with Crippen LogP contribution >= 0.6 is 23.1 Å². The SMILES string of the molecule is C[C@@H](Sc1nnc(N)s1)C(=O)Nc1ccccc1. The van der Waals surface area contributed by atoms with Crippen molar-refractivity contribution in [1.82, 2.24) is 10.2 Å². The number of nitrogen functional groups attached to an aromatic ring is 1. The number of nitrogens with zero attached hydrogens (tertiary/aromatic N) is 2. The van der Waals surface area contributed by atoms with Crippen molar-refractivity contribution >= 4 is 39.8 Å². The number of benzene rings is 1. The zero-order valence-electron chi connectivity index (χ0n) is 9.66. The molecule has 1 aromatic carbocycles. The number of nitrogens with one attached hydrogen (secondary N) is 1. The summed E-state index contributed by atoms with van der Waals surface area (Å²) in [6.45, 7) is 1.82. The van der Waals surface area contributed by atoms with Crippen LogP contribution in [0.4, 0.5) is 10.8 Å². The summed E-state index contributed by atoms with van der Waals surface area (Å²) in [7, 11) is 0. The van der Waals surface area contributed by atoms with Gasteiger partial charge >= 0.3 is 0 Å². The first-order chi connectivity index (χ1) is 8.65. The Bertz CT molecular complexity index is 529. The van der Waals surface area contributed by atoms with Crippen LogP contribution in [0.5, 0.6) is 0 Å². The molecule has 5 nitrogen and oxygen atoms in total. The first-order valence-electron chi connectivity index (χ1n) is 5.26. The molecule has 0 aliphatic carbocycles. The van der Waals surface area contributed by atoms with E-state index < -0.39 is 0 Å². The fraction of sp³-hybridized carbons (Fsp3) is 0.182. The highest BCUT2D eigenvalue weighted by Gasteiger charge is 2.16. The third-order valence-electron chi connectivity index (χ3n) is 2.11. The highest BCUT2D eigenvalue weighted by atomic mass is 32.2. The topological polar surface area (TPSA) is 80.9 Å². The first kappa shape index (κ1) is 12.8. The minimum absolute atomic E-state index is 0.0695. The number of hydrogen-bond acceptors (Lipinski definition) is 6. The molecular weight excluding hydrogens is 268 g/mol. The normalized spacial score (nSPS) is 12.1. The van der Waals surface area contributed by atoms with Crippen molar-refractivity contribution in [1.29, 1.82) is 0 Å². The summed E-state index contributed by atoms with van der Waals surface area (Å²) >= 11 is 2.62. The Kier molecular flexibility index (Phi) is 4.16.